The molecule has 1 saturated heterocycles. The Balaban J connectivity index is 2.21. The zero-order chi connectivity index (χ0) is 12.1. The van der Waals surface area contributed by atoms with Crippen molar-refractivity contribution < 1.29 is 5.11 Å². The molecule has 0 bridgehead atoms. The normalized spacial score (nSPS) is 21.1. The lowest BCUT2D eigenvalue weighted by Gasteiger charge is -2.29. The summed E-state index contributed by atoms with van der Waals surface area (Å²) in [6.07, 6.45) is 6.18. The fourth-order valence-electron chi connectivity index (χ4n) is 2.25. The van der Waals surface area contributed by atoms with Gasteiger partial charge in [0.05, 0.1) is 12.6 Å². The number of nitrogen functional groups attached to an aromatic ring is 1. The number of aliphatic hydroxyl groups excluding tert-OH is 1. The van der Waals surface area contributed by atoms with Crippen LogP contribution in [0, 0.1) is 0 Å². The number of aromatic nitrogens is 2. The van der Waals surface area contributed by atoms with E-state index in [9.17, 15) is 5.11 Å². The molecule has 1 aliphatic heterocycles. The molecule has 0 radical (unpaired) electrons. The lowest BCUT2D eigenvalue weighted by Crippen LogP contribution is -2.38. The first-order valence-electron chi connectivity index (χ1n) is 6.02. The van der Waals surface area contributed by atoms with Crippen LogP contribution < -0.4 is 16.2 Å². The van der Waals surface area contributed by atoms with Gasteiger partial charge in [-0.25, -0.2) is 10.8 Å². The Morgan fingerprint density at radius 3 is 3.12 bits per heavy atom. The van der Waals surface area contributed by atoms with Crippen molar-refractivity contribution in [3.05, 3.63) is 12.3 Å². The van der Waals surface area contributed by atoms with Gasteiger partial charge in [-0.1, -0.05) is 12.8 Å². The summed E-state index contributed by atoms with van der Waals surface area (Å²) in [6.45, 7) is 1.08. The number of nitrogens with zero attached hydrogens (tertiary/aromatic N) is 3. The molecule has 2 rings (SSSR count). The van der Waals surface area contributed by atoms with Crippen molar-refractivity contribution in [1.29, 1.82) is 0 Å². The molecule has 6 nitrogen and oxygen atoms in total. The van der Waals surface area contributed by atoms with E-state index in [1.165, 1.54) is 6.42 Å². The predicted octanol–water partition coefficient (Wildman–Crippen LogP) is 0.503. The van der Waals surface area contributed by atoms with Gasteiger partial charge >= 0.3 is 0 Å². The number of nitrogens with two attached hydrogens (primary N) is 1. The highest BCUT2D eigenvalue weighted by atomic mass is 16.3. The molecule has 0 aromatic carbocycles. The van der Waals surface area contributed by atoms with Crippen LogP contribution in [0.2, 0.25) is 0 Å². The average molecular weight is 237 g/mol. The lowest BCUT2D eigenvalue weighted by molar-refractivity contribution is 0.254. The van der Waals surface area contributed by atoms with E-state index >= 15 is 0 Å². The molecule has 1 unspecified atom stereocenters. The Bertz CT molecular complexity index is 359. The summed E-state index contributed by atoms with van der Waals surface area (Å²) < 4.78 is 0. The molecule has 6 heteroatoms. The van der Waals surface area contributed by atoms with Gasteiger partial charge in [-0.05, 0) is 18.9 Å². The number of aliphatic hydroxyl groups is 1. The van der Waals surface area contributed by atoms with Crippen molar-refractivity contribution in [2.24, 2.45) is 5.84 Å². The standard InChI is InChI=1S/C11H19N5O/c12-15-11-13-6-5-10(14-11)16-7-3-1-2-4-9(16)8-17/h5-6,9,17H,1-4,7-8,12H2,(H,13,14,15). The highest BCUT2D eigenvalue weighted by Gasteiger charge is 2.21. The topological polar surface area (TPSA) is 87.3 Å². The van der Waals surface area contributed by atoms with Gasteiger partial charge in [0.2, 0.25) is 5.95 Å². The van der Waals surface area contributed by atoms with Crippen molar-refractivity contribution >= 4 is 11.8 Å². The second kappa shape index (κ2) is 5.79. The second-order valence-corrected chi connectivity index (χ2v) is 4.26. The smallest absolute Gasteiger partial charge is 0.239 e. The zero-order valence-corrected chi connectivity index (χ0v) is 9.84. The summed E-state index contributed by atoms with van der Waals surface area (Å²) in [5, 5.41) is 9.45. The van der Waals surface area contributed by atoms with E-state index in [4.69, 9.17) is 5.84 Å². The number of rotatable bonds is 3. The van der Waals surface area contributed by atoms with Crippen LogP contribution in [-0.4, -0.2) is 34.3 Å². The monoisotopic (exact) mass is 237 g/mol. The minimum absolute atomic E-state index is 0.151. The minimum atomic E-state index is 0.151. The van der Waals surface area contributed by atoms with Gasteiger partial charge in [0.25, 0.3) is 0 Å². The third-order valence-corrected chi connectivity index (χ3v) is 3.15. The van der Waals surface area contributed by atoms with Gasteiger partial charge in [-0.3, -0.25) is 5.43 Å². The summed E-state index contributed by atoms with van der Waals surface area (Å²) in [5.74, 6) is 6.54. The third kappa shape index (κ3) is 2.83. The average Bonchev–Trinajstić information content (AvgIpc) is 2.63. The van der Waals surface area contributed by atoms with Crippen molar-refractivity contribution in [3.8, 4) is 0 Å². The highest BCUT2D eigenvalue weighted by Crippen LogP contribution is 2.22. The Hall–Kier alpha value is -1.40. The SMILES string of the molecule is NNc1nccc(N2CCCCCC2CO)n1. The number of hydrogen-bond acceptors (Lipinski definition) is 6. The molecule has 0 aliphatic carbocycles. The van der Waals surface area contributed by atoms with Gasteiger partial charge in [0, 0.05) is 12.7 Å². The van der Waals surface area contributed by atoms with Gasteiger partial charge in [0.1, 0.15) is 5.82 Å². The van der Waals surface area contributed by atoms with Crippen molar-refractivity contribution in [2.75, 3.05) is 23.5 Å². The summed E-state index contributed by atoms with van der Waals surface area (Å²) in [6, 6.07) is 2.01. The maximum absolute atomic E-state index is 9.45. The van der Waals surface area contributed by atoms with Crippen molar-refractivity contribution in [1.82, 2.24) is 9.97 Å². The highest BCUT2D eigenvalue weighted by molar-refractivity contribution is 5.43. The Morgan fingerprint density at radius 2 is 2.35 bits per heavy atom. The molecule has 94 valence electrons. The fourth-order valence-corrected chi connectivity index (χ4v) is 2.25. The summed E-state index contributed by atoms with van der Waals surface area (Å²) in [5.41, 5.74) is 2.44. The van der Waals surface area contributed by atoms with Crippen LogP contribution in [0.25, 0.3) is 0 Å². The van der Waals surface area contributed by atoms with Gasteiger partial charge in [0.15, 0.2) is 0 Å². The Labute approximate surface area is 101 Å². The second-order valence-electron chi connectivity index (χ2n) is 4.26. The largest absolute Gasteiger partial charge is 0.394 e. The first kappa shape index (κ1) is 12.1. The molecule has 0 saturated carbocycles. The molecule has 1 fully saturated rings. The van der Waals surface area contributed by atoms with Crippen LogP contribution in [0.3, 0.4) is 0 Å². The van der Waals surface area contributed by atoms with E-state index < -0.39 is 0 Å². The number of hydrogen-bond donors (Lipinski definition) is 3. The Kier molecular flexibility index (Phi) is 4.11. The zero-order valence-electron chi connectivity index (χ0n) is 9.84. The van der Waals surface area contributed by atoms with Gasteiger partial charge < -0.3 is 10.0 Å². The predicted molar refractivity (Wildman–Crippen MR) is 66.5 cm³/mol. The number of anilines is 2. The number of hydrazine groups is 1. The molecular weight excluding hydrogens is 218 g/mol. The van der Waals surface area contributed by atoms with Gasteiger partial charge in [-0.2, -0.15) is 4.98 Å². The van der Waals surface area contributed by atoms with Crippen LogP contribution in [0.15, 0.2) is 12.3 Å². The van der Waals surface area contributed by atoms with E-state index in [-0.39, 0.29) is 12.6 Å². The minimum Gasteiger partial charge on any atom is -0.394 e. The quantitative estimate of drug-likeness (QED) is 0.524. The summed E-state index contributed by atoms with van der Waals surface area (Å²) >= 11 is 0. The Morgan fingerprint density at radius 1 is 1.47 bits per heavy atom. The van der Waals surface area contributed by atoms with E-state index in [0.717, 1.165) is 31.6 Å². The van der Waals surface area contributed by atoms with Gasteiger partial charge in [-0.15, -0.1) is 0 Å². The molecule has 0 amide bonds. The van der Waals surface area contributed by atoms with Crippen molar-refractivity contribution in [2.45, 2.75) is 31.7 Å². The first-order valence-corrected chi connectivity index (χ1v) is 6.02. The number of nitrogens with one attached hydrogen (secondary N) is 1. The summed E-state index contributed by atoms with van der Waals surface area (Å²) in [4.78, 5) is 10.5. The first-order chi connectivity index (χ1) is 8.35. The lowest BCUT2D eigenvalue weighted by atomic mass is 10.1. The maximum atomic E-state index is 9.45. The van der Waals surface area contributed by atoms with Crippen LogP contribution >= 0.6 is 0 Å². The van der Waals surface area contributed by atoms with Crippen LogP contribution in [0.5, 0.6) is 0 Å². The van der Waals surface area contributed by atoms with Crippen LogP contribution in [0.1, 0.15) is 25.7 Å². The van der Waals surface area contributed by atoms with Crippen LogP contribution in [0.4, 0.5) is 11.8 Å². The molecule has 2 heterocycles. The molecule has 4 N–H and O–H groups in total. The molecule has 17 heavy (non-hydrogen) atoms. The van der Waals surface area contributed by atoms with E-state index in [1.54, 1.807) is 6.20 Å². The molecule has 1 atom stereocenters. The fraction of sp³-hybridized carbons (Fsp3) is 0.636. The molecule has 0 spiro atoms. The maximum Gasteiger partial charge on any atom is 0.239 e. The van der Waals surface area contributed by atoms with Crippen molar-refractivity contribution in [3.63, 3.8) is 0 Å². The van der Waals surface area contributed by atoms with E-state index in [0.29, 0.717) is 5.95 Å². The van der Waals surface area contributed by atoms with E-state index in [2.05, 4.69) is 20.3 Å². The molecule has 1 aliphatic rings. The molecular formula is C11H19N5O. The molecule has 1 aromatic rings. The summed E-state index contributed by atoms with van der Waals surface area (Å²) in [7, 11) is 0. The third-order valence-electron chi connectivity index (χ3n) is 3.15. The molecule has 1 aromatic heterocycles. The van der Waals surface area contributed by atoms with Crippen LogP contribution in [-0.2, 0) is 0 Å². The van der Waals surface area contributed by atoms with E-state index in [1.807, 2.05) is 6.07 Å².